The van der Waals surface area contributed by atoms with Gasteiger partial charge in [-0.1, -0.05) is 26.8 Å². The van der Waals surface area contributed by atoms with Crippen molar-refractivity contribution in [1.82, 2.24) is 0 Å². The van der Waals surface area contributed by atoms with Crippen LogP contribution in [0.5, 0.6) is 11.5 Å². The van der Waals surface area contributed by atoms with Gasteiger partial charge in [0.05, 0.1) is 5.60 Å². The van der Waals surface area contributed by atoms with Crippen LogP contribution in [-0.4, -0.2) is 43.7 Å². The lowest BCUT2D eigenvalue weighted by molar-refractivity contribution is -0.138. The van der Waals surface area contributed by atoms with E-state index in [1.165, 1.54) is 0 Å². The Labute approximate surface area is 198 Å². The number of nitrogens with one attached hydrogen (secondary N) is 1. The van der Waals surface area contributed by atoms with E-state index in [1.54, 1.807) is 6.08 Å². The first-order valence-electron chi connectivity index (χ1n) is 11.8. The third-order valence-corrected chi connectivity index (χ3v) is 9.03. The molecule has 184 valence electrons. The molecule has 2 bridgehead atoms. The molecule has 3 aliphatic carbocycles. The molecular weight excluding hydrogens is 438 g/mol. The minimum atomic E-state index is -1.39. The van der Waals surface area contributed by atoms with Crippen molar-refractivity contribution >= 4 is 23.3 Å². The van der Waals surface area contributed by atoms with Crippen LogP contribution in [-0.2, 0) is 9.59 Å². The molecule has 2 saturated carbocycles. The molecule has 2 fully saturated rings. The van der Waals surface area contributed by atoms with Gasteiger partial charge in [-0.2, -0.15) is 0 Å². The molecule has 3 aliphatic rings. The molecule has 0 aliphatic heterocycles. The molecule has 1 aromatic rings. The van der Waals surface area contributed by atoms with Crippen LogP contribution in [0.25, 0.3) is 0 Å². The predicted octanol–water partition coefficient (Wildman–Crippen LogP) is 3.71. The molecule has 4 rings (SSSR count). The summed E-state index contributed by atoms with van der Waals surface area (Å²) in [5, 5.41) is 43.0. The zero-order valence-corrected chi connectivity index (χ0v) is 20.0. The summed E-state index contributed by atoms with van der Waals surface area (Å²) in [6.07, 6.45) is 5.19. The van der Waals surface area contributed by atoms with Crippen molar-refractivity contribution in [3.05, 3.63) is 29.8 Å². The van der Waals surface area contributed by atoms with Gasteiger partial charge < -0.3 is 25.7 Å². The van der Waals surface area contributed by atoms with E-state index in [0.29, 0.717) is 6.42 Å². The monoisotopic (exact) mass is 471 g/mol. The van der Waals surface area contributed by atoms with Crippen LogP contribution < -0.4 is 5.32 Å². The topological polar surface area (TPSA) is 144 Å². The van der Waals surface area contributed by atoms with Gasteiger partial charge in [-0.15, -0.1) is 0 Å². The number of hydrogen-bond donors (Lipinski definition) is 5. The number of anilines is 1. The number of aliphatic hydroxyl groups is 1. The Morgan fingerprint density at radius 3 is 2.47 bits per heavy atom. The first-order chi connectivity index (χ1) is 15.7. The second-order valence-electron chi connectivity index (χ2n) is 11.1. The summed E-state index contributed by atoms with van der Waals surface area (Å²) in [6, 6.07) is 2.14. The first kappa shape index (κ1) is 24.3. The molecule has 34 heavy (non-hydrogen) atoms. The number of amides is 1. The number of allylic oxidation sites excluding steroid dienone is 2. The Balaban J connectivity index is 1.58. The highest BCUT2D eigenvalue weighted by atomic mass is 16.4. The number of ketones is 1. The third kappa shape index (κ3) is 3.50. The number of carbonyl (C=O) groups is 3. The van der Waals surface area contributed by atoms with Crippen LogP contribution in [0.2, 0.25) is 0 Å². The number of benzene rings is 1. The smallest absolute Gasteiger partial charge is 0.339 e. The number of phenolic OH excluding ortho intramolecular Hbond substituents is 1. The molecule has 1 amide bonds. The van der Waals surface area contributed by atoms with Crippen molar-refractivity contribution in [2.45, 2.75) is 59.0 Å². The van der Waals surface area contributed by atoms with E-state index in [9.17, 15) is 34.8 Å². The van der Waals surface area contributed by atoms with E-state index < -0.39 is 40.0 Å². The Kier molecular flexibility index (Phi) is 5.59. The third-order valence-electron chi connectivity index (χ3n) is 9.03. The number of carbonyl (C=O) groups excluding carboxylic acids is 2. The van der Waals surface area contributed by atoms with E-state index in [1.807, 2.05) is 19.9 Å². The maximum Gasteiger partial charge on any atom is 0.339 e. The highest BCUT2D eigenvalue weighted by Gasteiger charge is 2.66. The lowest BCUT2D eigenvalue weighted by Crippen LogP contribution is -2.53. The number of carboxylic acids is 1. The van der Waals surface area contributed by atoms with Crippen molar-refractivity contribution in [3.8, 4) is 11.5 Å². The highest BCUT2D eigenvalue weighted by Crippen LogP contribution is 2.68. The summed E-state index contributed by atoms with van der Waals surface area (Å²) in [7, 11) is 0. The van der Waals surface area contributed by atoms with Crippen LogP contribution in [0.3, 0.4) is 0 Å². The van der Waals surface area contributed by atoms with Crippen molar-refractivity contribution in [2.24, 2.45) is 34.5 Å². The van der Waals surface area contributed by atoms with E-state index in [2.05, 4.69) is 19.2 Å². The summed E-state index contributed by atoms with van der Waals surface area (Å²) in [5.74, 6) is -2.66. The molecule has 0 heterocycles. The standard InChI is InChI=1S/C26H33NO7/c1-13-14(2)22-24(3,18(29)7-10-26(22)11-16(13)25(4,34)12-26)9-8-19(30)27-20-17(28)6-5-15(21(20)31)23(32)33/h5-7,10,13-14,16,22,28,31,34H,8-9,11-12H2,1-4H3,(H,27,30)(H,32,33)/t13-,14?,16?,22?,24-,25?,26?/m1/s1. The van der Waals surface area contributed by atoms with Gasteiger partial charge in [-0.3, -0.25) is 9.59 Å². The molecule has 5 unspecified atom stereocenters. The fourth-order valence-corrected chi connectivity index (χ4v) is 7.44. The Bertz CT molecular complexity index is 1090. The molecular formula is C26H33NO7. The van der Waals surface area contributed by atoms with E-state index in [4.69, 9.17) is 0 Å². The number of aromatic hydroxyl groups is 2. The van der Waals surface area contributed by atoms with Gasteiger partial charge in [0.15, 0.2) is 11.5 Å². The quantitative estimate of drug-likeness (QED) is 0.412. The number of hydrogen-bond acceptors (Lipinski definition) is 6. The molecule has 5 N–H and O–H groups in total. The number of fused-ring (bicyclic) bond motifs is 1. The number of rotatable bonds is 5. The summed E-state index contributed by atoms with van der Waals surface area (Å²) < 4.78 is 0. The molecule has 0 radical (unpaired) electrons. The number of aromatic carboxylic acids is 1. The van der Waals surface area contributed by atoms with Crippen LogP contribution >= 0.6 is 0 Å². The van der Waals surface area contributed by atoms with Crippen LogP contribution in [0.1, 0.15) is 63.7 Å². The van der Waals surface area contributed by atoms with Gasteiger partial charge >= 0.3 is 5.97 Å². The predicted molar refractivity (Wildman–Crippen MR) is 124 cm³/mol. The Morgan fingerprint density at radius 2 is 1.82 bits per heavy atom. The average molecular weight is 472 g/mol. The minimum absolute atomic E-state index is 0.0392. The second kappa shape index (κ2) is 7.83. The Hall–Kier alpha value is -2.87. The summed E-state index contributed by atoms with van der Waals surface area (Å²) in [5.41, 5.74) is -2.74. The van der Waals surface area contributed by atoms with Gasteiger partial charge in [-0.05, 0) is 73.5 Å². The van der Waals surface area contributed by atoms with Crippen molar-refractivity contribution < 1.29 is 34.8 Å². The van der Waals surface area contributed by atoms with Crippen LogP contribution in [0.4, 0.5) is 5.69 Å². The zero-order valence-electron chi connectivity index (χ0n) is 20.0. The van der Waals surface area contributed by atoms with Gasteiger partial charge in [0.2, 0.25) is 5.91 Å². The molecule has 0 saturated heterocycles. The Morgan fingerprint density at radius 1 is 1.15 bits per heavy atom. The lowest BCUT2D eigenvalue weighted by atomic mass is 9.47. The fraction of sp³-hybridized carbons (Fsp3) is 0.577. The average Bonchev–Trinajstić information content (AvgIpc) is 2.99. The summed E-state index contributed by atoms with van der Waals surface area (Å²) in [6.45, 7) is 8.05. The normalized spacial score (nSPS) is 38.4. The van der Waals surface area contributed by atoms with Crippen LogP contribution in [0.15, 0.2) is 24.3 Å². The molecule has 0 aromatic heterocycles. The summed E-state index contributed by atoms with van der Waals surface area (Å²) >= 11 is 0. The lowest BCUT2D eigenvalue weighted by Gasteiger charge is -2.55. The fourth-order valence-electron chi connectivity index (χ4n) is 7.44. The van der Waals surface area contributed by atoms with Gasteiger partial charge in [0.25, 0.3) is 0 Å². The van der Waals surface area contributed by atoms with Crippen molar-refractivity contribution in [1.29, 1.82) is 0 Å². The van der Waals surface area contributed by atoms with Crippen molar-refractivity contribution in [2.75, 3.05) is 5.32 Å². The highest BCUT2D eigenvalue weighted by molar-refractivity contribution is 6.00. The first-order valence-corrected chi connectivity index (χ1v) is 11.8. The largest absolute Gasteiger partial charge is 0.506 e. The maximum absolute atomic E-state index is 13.2. The minimum Gasteiger partial charge on any atom is -0.506 e. The van der Waals surface area contributed by atoms with Crippen molar-refractivity contribution in [3.63, 3.8) is 0 Å². The second-order valence-corrected chi connectivity index (χ2v) is 11.1. The number of carboxylic acid groups (broad SMARTS) is 1. The molecule has 1 spiro atoms. The van der Waals surface area contributed by atoms with Gasteiger partial charge in [0.1, 0.15) is 17.0 Å². The molecule has 8 nitrogen and oxygen atoms in total. The van der Waals surface area contributed by atoms with E-state index in [0.717, 1.165) is 18.6 Å². The SMILES string of the molecule is CC1C2C3(C=CC(=O)[C@@]2(C)CCC(=O)Nc2c(O)ccc(C(=O)O)c2O)CC([C@@H]1C)C(C)(O)C3. The zero-order chi connectivity index (χ0) is 25.2. The maximum atomic E-state index is 13.2. The van der Waals surface area contributed by atoms with E-state index >= 15 is 0 Å². The summed E-state index contributed by atoms with van der Waals surface area (Å²) in [4.78, 5) is 37.3. The van der Waals surface area contributed by atoms with E-state index in [-0.39, 0.29) is 53.4 Å². The van der Waals surface area contributed by atoms with Crippen LogP contribution in [0, 0.1) is 34.5 Å². The van der Waals surface area contributed by atoms with Gasteiger partial charge in [0, 0.05) is 11.8 Å². The van der Waals surface area contributed by atoms with Gasteiger partial charge in [-0.25, -0.2) is 4.79 Å². The molecule has 7 atom stereocenters. The molecule has 8 heteroatoms. The molecule has 1 aromatic carbocycles. The number of phenols is 2.